The molecule has 4 aromatic heterocycles. The minimum atomic E-state index is -0.558. The number of rotatable bonds is 15. The normalized spacial score (nSPS) is 10.8. The molecule has 0 saturated heterocycles. The predicted octanol–water partition coefficient (Wildman–Crippen LogP) is 7.35. The summed E-state index contributed by atoms with van der Waals surface area (Å²) >= 11 is 2.42. The van der Waals surface area contributed by atoms with Crippen LogP contribution in [0.2, 0.25) is 0 Å². The van der Waals surface area contributed by atoms with Crippen molar-refractivity contribution in [2.75, 3.05) is 39.6 Å². The van der Waals surface area contributed by atoms with E-state index >= 15 is 0 Å². The van der Waals surface area contributed by atoms with Crippen LogP contribution in [0.5, 0.6) is 34.5 Å². The van der Waals surface area contributed by atoms with Crippen molar-refractivity contribution in [1.82, 2.24) is 19.2 Å². The van der Waals surface area contributed by atoms with Crippen molar-refractivity contribution in [2.24, 2.45) is 5.73 Å². The molecule has 0 saturated carbocycles. The van der Waals surface area contributed by atoms with E-state index in [2.05, 4.69) is 15.4 Å². The highest BCUT2D eigenvalue weighted by atomic mass is 32.1. The van der Waals surface area contributed by atoms with Crippen LogP contribution in [0.3, 0.4) is 0 Å². The lowest BCUT2D eigenvalue weighted by Crippen LogP contribution is -2.21. The molecule has 18 nitrogen and oxygen atoms in total. The maximum Gasteiger partial charge on any atom is 0.284 e. The molecule has 0 radical (unpaired) electrons. The van der Waals surface area contributed by atoms with Crippen molar-refractivity contribution in [3.63, 3.8) is 0 Å². The van der Waals surface area contributed by atoms with Crippen LogP contribution in [0.15, 0.2) is 103 Å². The summed E-state index contributed by atoms with van der Waals surface area (Å²) in [6, 6.07) is 24.1. The molecule has 8 aromatic rings. The third-order valence-electron chi connectivity index (χ3n) is 9.23. The zero-order chi connectivity index (χ0) is 43.9. The van der Waals surface area contributed by atoms with Crippen molar-refractivity contribution in [2.45, 2.75) is 13.2 Å². The molecule has 4 aromatic carbocycles. The van der Waals surface area contributed by atoms with E-state index < -0.39 is 16.7 Å². The van der Waals surface area contributed by atoms with Crippen molar-refractivity contribution >= 4 is 67.9 Å². The van der Waals surface area contributed by atoms with E-state index in [0.29, 0.717) is 66.5 Å². The van der Waals surface area contributed by atoms with Gasteiger partial charge in [-0.15, -0.1) is 22.7 Å². The summed E-state index contributed by atoms with van der Waals surface area (Å²) in [5.74, 6) is 1.97. The fourth-order valence-electron chi connectivity index (χ4n) is 6.24. The summed E-state index contributed by atoms with van der Waals surface area (Å²) in [7, 11) is 6.20. The number of benzene rings is 4. The zero-order valence-electron chi connectivity index (χ0n) is 33.5. The van der Waals surface area contributed by atoms with Crippen LogP contribution < -0.4 is 45.3 Å². The second kappa shape index (κ2) is 18.6. The Morgan fingerprint density at radius 2 is 1.39 bits per heavy atom. The Kier molecular flexibility index (Phi) is 12.7. The lowest BCUT2D eigenvalue weighted by atomic mass is 10.2. The van der Waals surface area contributed by atoms with Crippen LogP contribution in [0.1, 0.15) is 30.5 Å². The Balaban J connectivity index is 0.000000187. The smallest absolute Gasteiger partial charge is 0.284 e. The standard InChI is InChI=1S/C21H18N4O6S.C21H20N4O4S/c1-29-18-9-14-16(10-19(18)30-2)24(12-22-14)23-21(26)20-17(7-8-32-20)31-11-13-5-3-4-6-15(13)25(27)28;1-27-16-7-14-15(8-17(16)28-2)25(11-24-14)19-9-18(20(30-19)21(23)26)29-10-12-4-3-5-13(22)6-12/h3-10,12H,11H2,1-2H3,(H,23,26);3-9,11H,10,22H2,1-2H3,(H2,23,26). The number of hydrogen-bond donors (Lipinski definition) is 3. The van der Waals surface area contributed by atoms with E-state index in [0.717, 1.165) is 21.6 Å². The number of amides is 2. The minimum Gasteiger partial charge on any atom is -0.493 e. The second-order valence-electron chi connectivity index (χ2n) is 13.0. The van der Waals surface area contributed by atoms with Gasteiger partial charge in [0.2, 0.25) is 0 Å². The number of methoxy groups -OCH3 is 4. The second-order valence-corrected chi connectivity index (χ2v) is 15.0. The molecule has 2 amide bonds. The van der Waals surface area contributed by atoms with Gasteiger partial charge in [0.1, 0.15) is 52.1 Å². The van der Waals surface area contributed by atoms with Gasteiger partial charge in [0.05, 0.1) is 61.0 Å². The molecular weight excluding hydrogens is 841 g/mol. The number of aromatic nitrogens is 4. The molecule has 5 N–H and O–H groups in total. The first-order chi connectivity index (χ1) is 30.0. The molecule has 0 atom stereocenters. The van der Waals surface area contributed by atoms with Gasteiger partial charge in [0, 0.05) is 42.1 Å². The number of fused-ring (bicyclic) bond motifs is 2. The van der Waals surface area contributed by atoms with E-state index in [1.807, 2.05) is 28.8 Å². The minimum absolute atomic E-state index is 0.0389. The third kappa shape index (κ3) is 9.00. The summed E-state index contributed by atoms with van der Waals surface area (Å²) in [5.41, 5.74) is 18.8. The molecule has 0 bridgehead atoms. The lowest BCUT2D eigenvalue weighted by molar-refractivity contribution is -0.385. The number of nitro benzene ring substituents is 1. The van der Waals surface area contributed by atoms with Crippen molar-refractivity contribution in [3.05, 3.63) is 134 Å². The summed E-state index contributed by atoms with van der Waals surface area (Å²) in [5, 5.41) is 13.6. The van der Waals surface area contributed by atoms with Crippen LogP contribution in [-0.2, 0) is 13.2 Å². The number of thiophene rings is 2. The number of carbonyl (C=O) groups is 2. The maximum atomic E-state index is 12.9. The topological polar surface area (TPSA) is 232 Å². The Bertz CT molecular complexity index is 2920. The molecule has 0 spiro atoms. The highest BCUT2D eigenvalue weighted by molar-refractivity contribution is 7.16. The van der Waals surface area contributed by atoms with Crippen LogP contribution >= 0.6 is 22.7 Å². The fraction of sp³-hybridized carbons (Fsp3) is 0.143. The highest BCUT2D eigenvalue weighted by Crippen LogP contribution is 2.37. The first-order valence-corrected chi connectivity index (χ1v) is 20.0. The summed E-state index contributed by atoms with van der Waals surface area (Å²) in [6.07, 6.45) is 3.14. The van der Waals surface area contributed by atoms with Crippen molar-refractivity contribution < 1.29 is 42.9 Å². The number of hydrogen-bond acceptors (Lipinski definition) is 15. The fourth-order valence-corrected chi connectivity index (χ4v) is 7.91. The Morgan fingerprint density at radius 1 is 0.742 bits per heavy atom. The Morgan fingerprint density at radius 3 is 2.06 bits per heavy atom. The number of carbonyl (C=O) groups excluding carboxylic acids is 2. The van der Waals surface area contributed by atoms with Crippen LogP contribution in [0.4, 0.5) is 11.4 Å². The van der Waals surface area contributed by atoms with Gasteiger partial charge in [0.25, 0.3) is 17.5 Å². The van der Waals surface area contributed by atoms with Crippen molar-refractivity contribution in [3.8, 4) is 39.5 Å². The molecule has 8 rings (SSSR count). The molecule has 0 aliphatic heterocycles. The maximum absolute atomic E-state index is 12.9. The summed E-state index contributed by atoms with van der Waals surface area (Å²) in [6.45, 7) is 0.219. The molecule has 318 valence electrons. The van der Waals surface area contributed by atoms with Gasteiger partial charge in [-0.05, 0) is 35.2 Å². The lowest BCUT2D eigenvalue weighted by Gasteiger charge is -2.11. The van der Waals surface area contributed by atoms with Gasteiger partial charge < -0.3 is 39.9 Å². The molecule has 4 heterocycles. The number of nitro groups is 1. The Labute approximate surface area is 360 Å². The average molecular weight is 879 g/mol. The van der Waals surface area contributed by atoms with E-state index in [4.69, 9.17) is 39.9 Å². The number of anilines is 1. The van der Waals surface area contributed by atoms with Gasteiger partial charge in [-0.3, -0.25) is 29.7 Å². The van der Waals surface area contributed by atoms with Crippen LogP contribution in [-0.4, -0.2) is 64.4 Å². The molecule has 0 aliphatic carbocycles. The average Bonchev–Trinajstić information content (AvgIpc) is 4.10. The van der Waals surface area contributed by atoms with E-state index in [1.54, 1.807) is 80.5 Å². The molecule has 0 aliphatic rings. The number of nitrogens with zero attached hydrogens (tertiary/aromatic N) is 5. The van der Waals surface area contributed by atoms with Crippen molar-refractivity contribution in [1.29, 1.82) is 0 Å². The number of primary amides is 1. The third-order valence-corrected chi connectivity index (χ3v) is 11.3. The van der Waals surface area contributed by atoms with Crippen LogP contribution in [0.25, 0.3) is 27.1 Å². The van der Waals surface area contributed by atoms with Gasteiger partial charge in [-0.25, -0.2) is 14.6 Å². The monoisotopic (exact) mass is 878 g/mol. The SMILES string of the molecule is COc1cc2ncn(-c3cc(OCc4cccc(N)c4)c(C(N)=O)s3)c2cc1OC.COc1cc2ncn(NC(=O)c3sccc3OCc3ccccc3[N+](=O)[O-])c2cc1OC. The number of para-hydroxylation sites is 1. The first kappa shape index (κ1) is 42.3. The van der Waals surface area contributed by atoms with Gasteiger partial charge in [-0.2, -0.15) is 0 Å². The van der Waals surface area contributed by atoms with Gasteiger partial charge in [-0.1, -0.05) is 24.3 Å². The zero-order valence-corrected chi connectivity index (χ0v) is 35.2. The number of nitrogens with two attached hydrogens (primary N) is 2. The van der Waals surface area contributed by atoms with Gasteiger partial charge >= 0.3 is 0 Å². The number of nitrogen functional groups attached to an aromatic ring is 1. The first-order valence-electron chi connectivity index (χ1n) is 18.3. The molecule has 62 heavy (non-hydrogen) atoms. The van der Waals surface area contributed by atoms with E-state index in [-0.39, 0.29) is 18.9 Å². The van der Waals surface area contributed by atoms with Crippen LogP contribution in [0, 0.1) is 10.1 Å². The summed E-state index contributed by atoms with van der Waals surface area (Å²) in [4.78, 5) is 45.0. The highest BCUT2D eigenvalue weighted by Gasteiger charge is 2.21. The predicted molar refractivity (Wildman–Crippen MR) is 234 cm³/mol. The Hall–Kier alpha value is -7.84. The van der Waals surface area contributed by atoms with E-state index in [1.165, 1.54) is 54.0 Å². The number of nitrogens with one attached hydrogen (secondary N) is 1. The van der Waals surface area contributed by atoms with E-state index in [9.17, 15) is 19.7 Å². The quantitative estimate of drug-likeness (QED) is 0.0520. The molecule has 0 unspecified atom stereocenters. The molecule has 20 heteroatoms. The number of imidazole rings is 2. The molecule has 0 fully saturated rings. The number of ether oxygens (including phenoxy) is 6. The van der Waals surface area contributed by atoms with Gasteiger partial charge in [0.15, 0.2) is 23.0 Å². The molecular formula is C42H38N8O10S2. The summed E-state index contributed by atoms with van der Waals surface area (Å²) < 4.78 is 36.3. The largest absolute Gasteiger partial charge is 0.493 e.